The van der Waals surface area contributed by atoms with Crippen molar-refractivity contribution in [2.45, 2.75) is 31.5 Å². The number of hydrogen-bond acceptors (Lipinski definition) is 3. The van der Waals surface area contributed by atoms with Crippen LogP contribution in [0.5, 0.6) is 0 Å². The normalized spacial score (nSPS) is 26.1. The summed E-state index contributed by atoms with van der Waals surface area (Å²) < 4.78 is 0. The van der Waals surface area contributed by atoms with Crippen LogP contribution >= 0.6 is 0 Å². The molecule has 1 aromatic rings. The lowest BCUT2D eigenvalue weighted by Crippen LogP contribution is -2.44. The molecule has 2 fully saturated rings. The molecule has 0 spiro atoms. The Morgan fingerprint density at radius 1 is 1.26 bits per heavy atom. The van der Waals surface area contributed by atoms with Crippen molar-refractivity contribution in [2.75, 3.05) is 13.1 Å². The molecule has 2 bridgehead atoms. The average Bonchev–Trinajstić information content (AvgIpc) is 2.71. The van der Waals surface area contributed by atoms with Crippen LogP contribution in [0.2, 0.25) is 0 Å². The first kappa shape index (κ1) is 12.4. The van der Waals surface area contributed by atoms with Crippen molar-refractivity contribution in [3.8, 4) is 0 Å². The van der Waals surface area contributed by atoms with E-state index < -0.39 is 0 Å². The molecular formula is C14H19N3O2. The number of nitrogens with zero attached hydrogens (tertiary/aromatic N) is 2. The van der Waals surface area contributed by atoms with Crippen LogP contribution in [0.3, 0.4) is 0 Å². The summed E-state index contributed by atoms with van der Waals surface area (Å²) in [6, 6.07) is 10.2. The number of piperidine rings is 1. The standard InChI is InChI=1S/C14H19N3O2/c15-8-12-6-7-13-9-16(12)14(18)17(13)19-10-11-4-2-1-3-5-11/h1-5,12-13H,6-10,15H2/t12-,13+/m0/s1. The highest BCUT2D eigenvalue weighted by molar-refractivity contribution is 5.76. The highest BCUT2D eigenvalue weighted by Crippen LogP contribution is 2.29. The molecule has 2 N–H and O–H groups in total. The van der Waals surface area contributed by atoms with Crippen molar-refractivity contribution < 1.29 is 9.63 Å². The number of amides is 2. The van der Waals surface area contributed by atoms with Gasteiger partial charge in [0.1, 0.15) is 6.61 Å². The Hall–Kier alpha value is -1.59. The van der Waals surface area contributed by atoms with Gasteiger partial charge in [0, 0.05) is 19.1 Å². The summed E-state index contributed by atoms with van der Waals surface area (Å²) in [5.74, 6) is 0. The first-order valence-corrected chi connectivity index (χ1v) is 6.76. The summed E-state index contributed by atoms with van der Waals surface area (Å²) in [6.45, 7) is 1.71. The third kappa shape index (κ3) is 2.31. The molecule has 1 aromatic carbocycles. The van der Waals surface area contributed by atoms with Crippen LogP contribution in [0.25, 0.3) is 0 Å². The maximum absolute atomic E-state index is 12.2. The van der Waals surface area contributed by atoms with Gasteiger partial charge in [-0.3, -0.25) is 4.84 Å². The van der Waals surface area contributed by atoms with Crippen molar-refractivity contribution in [1.82, 2.24) is 9.96 Å². The molecule has 102 valence electrons. The molecular weight excluding hydrogens is 242 g/mol. The predicted molar refractivity (Wildman–Crippen MR) is 71.0 cm³/mol. The fourth-order valence-electron chi connectivity index (χ4n) is 2.84. The molecule has 0 unspecified atom stereocenters. The topological polar surface area (TPSA) is 58.8 Å². The zero-order chi connectivity index (χ0) is 13.2. The quantitative estimate of drug-likeness (QED) is 0.890. The van der Waals surface area contributed by atoms with Gasteiger partial charge in [0.25, 0.3) is 0 Å². The van der Waals surface area contributed by atoms with E-state index in [1.165, 1.54) is 0 Å². The van der Waals surface area contributed by atoms with Crippen LogP contribution in [0.15, 0.2) is 30.3 Å². The first-order valence-electron chi connectivity index (χ1n) is 6.76. The van der Waals surface area contributed by atoms with Gasteiger partial charge in [0.05, 0.1) is 6.04 Å². The van der Waals surface area contributed by atoms with Gasteiger partial charge in [0.2, 0.25) is 0 Å². The van der Waals surface area contributed by atoms with Gasteiger partial charge in [-0.25, -0.2) is 4.79 Å². The Kier molecular flexibility index (Phi) is 3.40. The van der Waals surface area contributed by atoms with E-state index in [1.807, 2.05) is 35.2 Å². The van der Waals surface area contributed by atoms with Crippen LogP contribution in [0.4, 0.5) is 4.79 Å². The highest BCUT2D eigenvalue weighted by atomic mass is 16.7. The molecule has 5 heteroatoms. The summed E-state index contributed by atoms with van der Waals surface area (Å²) in [5, 5.41) is 1.54. The molecule has 19 heavy (non-hydrogen) atoms. The lowest BCUT2D eigenvalue weighted by Gasteiger charge is -2.29. The minimum absolute atomic E-state index is 0.0334. The van der Waals surface area contributed by atoms with Crippen molar-refractivity contribution in [2.24, 2.45) is 5.73 Å². The van der Waals surface area contributed by atoms with E-state index >= 15 is 0 Å². The van der Waals surface area contributed by atoms with Gasteiger partial charge in [-0.15, -0.1) is 0 Å². The molecule has 2 aliphatic heterocycles. The maximum atomic E-state index is 12.2. The first-order chi connectivity index (χ1) is 9.29. The Labute approximate surface area is 112 Å². The molecule has 2 atom stereocenters. The molecule has 0 radical (unpaired) electrons. The van der Waals surface area contributed by atoms with Crippen molar-refractivity contribution in [1.29, 1.82) is 0 Å². The van der Waals surface area contributed by atoms with Gasteiger partial charge >= 0.3 is 6.03 Å². The largest absolute Gasteiger partial charge is 0.344 e. The fraction of sp³-hybridized carbons (Fsp3) is 0.500. The van der Waals surface area contributed by atoms with Gasteiger partial charge in [0.15, 0.2) is 0 Å². The van der Waals surface area contributed by atoms with E-state index in [0.717, 1.165) is 24.9 Å². The SMILES string of the molecule is NC[C@@H]1CC[C@@H]2CN1C(=O)N2OCc1ccccc1. The van der Waals surface area contributed by atoms with Crippen LogP contribution in [-0.4, -0.2) is 41.2 Å². The molecule has 0 aromatic heterocycles. The average molecular weight is 261 g/mol. The molecule has 0 aliphatic carbocycles. The Morgan fingerprint density at radius 2 is 2.05 bits per heavy atom. The van der Waals surface area contributed by atoms with Crippen LogP contribution < -0.4 is 5.73 Å². The Morgan fingerprint density at radius 3 is 2.79 bits per heavy atom. The summed E-state index contributed by atoms with van der Waals surface area (Å²) in [4.78, 5) is 19.8. The van der Waals surface area contributed by atoms with Crippen LogP contribution in [0.1, 0.15) is 18.4 Å². The minimum atomic E-state index is -0.0334. The van der Waals surface area contributed by atoms with Gasteiger partial charge < -0.3 is 10.6 Å². The fourth-order valence-corrected chi connectivity index (χ4v) is 2.84. The molecule has 2 heterocycles. The Bertz CT molecular complexity index is 451. The van der Waals surface area contributed by atoms with E-state index in [-0.39, 0.29) is 18.1 Å². The van der Waals surface area contributed by atoms with Crippen molar-refractivity contribution in [3.63, 3.8) is 0 Å². The highest BCUT2D eigenvalue weighted by Gasteiger charge is 2.44. The summed E-state index contributed by atoms with van der Waals surface area (Å²) >= 11 is 0. The lowest BCUT2D eigenvalue weighted by molar-refractivity contribution is -0.140. The molecule has 5 nitrogen and oxygen atoms in total. The second kappa shape index (κ2) is 5.19. The molecule has 2 amide bonds. The number of rotatable bonds is 4. The maximum Gasteiger partial charge on any atom is 0.344 e. The molecule has 3 rings (SSSR count). The number of fused-ring (bicyclic) bond motifs is 2. The lowest BCUT2D eigenvalue weighted by atomic mass is 10.0. The van der Waals surface area contributed by atoms with Gasteiger partial charge in [-0.05, 0) is 18.4 Å². The van der Waals surface area contributed by atoms with E-state index in [9.17, 15) is 4.79 Å². The summed E-state index contributed by atoms with van der Waals surface area (Å²) in [5.41, 5.74) is 6.78. The predicted octanol–water partition coefficient (Wildman–Crippen LogP) is 1.35. The van der Waals surface area contributed by atoms with Crippen molar-refractivity contribution >= 4 is 6.03 Å². The third-order valence-electron chi connectivity index (χ3n) is 3.93. The van der Waals surface area contributed by atoms with Gasteiger partial charge in [-0.2, -0.15) is 5.06 Å². The molecule has 0 saturated carbocycles. The number of benzene rings is 1. The van der Waals surface area contributed by atoms with Crippen molar-refractivity contribution in [3.05, 3.63) is 35.9 Å². The smallest absolute Gasteiger partial charge is 0.328 e. The van der Waals surface area contributed by atoms with E-state index in [4.69, 9.17) is 10.6 Å². The number of carbonyl (C=O) groups excluding carboxylic acids is 1. The number of hydrogen-bond donors (Lipinski definition) is 1. The van der Waals surface area contributed by atoms with Gasteiger partial charge in [-0.1, -0.05) is 30.3 Å². The number of hydroxylamine groups is 2. The number of urea groups is 1. The molecule has 2 saturated heterocycles. The van der Waals surface area contributed by atoms with E-state index in [0.29, 0.717) is 13.2 Å². The zero-order valence-corrected chi connectivity index (χ0v) is 10.9. The van der Waals surface area contributed by atoms with E-state index in [1.54, 1.807) is 5.06 Å². The van der Waals surface area contributed by atoms with E-state index in [2.05, 4.69) is 0 Å². The summed E-state index contributed by atoms with van der Waals surface area (Å²) in [6.07, 6.45) is 1.94. The van der Waals surface area contributed by atoms with Crippen LogP contribution in [-0.2, 0) is 11.4 Å². The molecule has 2 aliphatic rings. The van der Waals surface area contributed by atoms with Crippen LogP contribution in [0, 0.1) is 0 Å². The second-order valence-electron chi connectivity index (χ2n) is 5.14. The number of nitrogens with two attached hydrogens (primary N) is 1. The number of carbonyl (C=O) groups is 1. The summed E-state index contributed by atoms with van der Waals surface area (Å²) in [7, 11) is 0. The monoisotopic (exact) mass is 261 g/mol. The Balaban J connectivity index is 1.64. The zero-order valence-electron chi connectivity index (χ0n) is 10.9. The third-order valence-corrected chi connectivity index (χ3v) is 3.93. The minimum Gasteiger partial charge on any atom is -0.328 e. The second-order valence-corrected chi connectivity index (χ2v) is 5.14.